The van der Waals surface area contributed by atoms with Crippen LogP contribution in [0.3, 0.4) is 0 Å². The van der Waals surface area contributed by atoms with Crippen molar-refractivity contribution < 1.29 is 9.50 Å². The topological polar surface area (TPSA) is 90.0 Å². The molecule has 168 valence electrons. The third-order valence-electron chi connectivity index (χ3n) is 7.10. The number of aromatic nitrogens is 4. The summed E-state index contributed by atoms with van der Waals surface area (Å²) in [5.41, 5.74) is 4.04. The number of nitrogens with one attached hydrogen (secondary N) is 2. The van der Waals surface area contributed by atoms with Gasteiger partial charge in [0.15, 0.2) is 0 Å². The Bertz CT molecular complexity index is 1310. The first-order valence-corrected chi connectivity index (χ1v) is 11.3. The third kappa shape index (κ3) is 3.51. The van der Waals surface area contributed by atoms with Crippen LogP contribution in [0.4, 0.5) is 10.2 Å². The number of benzene rings is 2. The van der Waals surface area contributed by atoms with Gasteiger partial charge in [0.2, 0.25) is 0 Å². The second-order valence-corrected chi connectivity index (χ2v) is 9.07. The number of alkyl halides is 1. The first-order chi connectivity index (χ1) is 16.1. The number of aromatic hydroxyl groups is 1. The quantitative estimate of drug-likeness (QED) is 0.440. The molecule has 0 radical (unpaired) electrons. The van der Waals surface area contributed by atoms with Crippen molar-refractivity contribution in [1.82, 2.24) is 25.5 Å². The molecule has 2 aromatic carbocycles. The second-order valence-electron chi connectivity index (χ2n) is 9.07. The molecule has 2 aromatic heterocycles. The van der Waals surface area contributed by atoms with Gasteiger partial charge in [-0.2, -0.15) is 5.10 Å². The fourth-order valence-corrected chi connectivity index (χ4v) is 5.21. The van der Waals surface area contributed by atoms with E-state index in [4.69, 9.17) is 0 Å². The largest absolute Gasteiger partial charge is 0.507 e. The lowest BCUT2D eigenvalue weighted by atomic mass is 9.96. The van der Waals surface area contributed by atoms with E-state index in [2.05, 4.69) is 25.5 Å². The van der Waals surface area contributed by atoms with Crippen molar-refractivity contribution >= 4 is 16.7 Å². The summed E-state index contributed by atoms with van der Waals surface area (Å²) in [5, 5.41) is 22.1. The van der Waals surface area contributed by atoms with Gasteiger partial charge in [-0.15, -0.1) is 0 Å². The van der Waals surface area contributed by atoms with Gasteiger partial charge < -0.3 is 15.3 Å². The summed E-state index contributed by atoms with van der Waals surface area (Å²) in [6.07, 6.45) is 6.85. The number of H-pyrrole nitrogens is 1. The van der Waals surface area contributed by atoms with Gasteiger partial charge in [-0.1, -0.05) is 12.1 Å². The molecular weight excluding hydrogens is 419 g/mol. The van der Waals surface area contributed by atoms with Crippen LogP contribution in [0.1, 0.15) is 19.3 Å². The number of anilines is 1. The number of nitrogens with zero attached hydrogens (tertiary/aromatic N) is 4. The van der Waals surface area contributed by atoms with Gasteiger partial charge in [0.05, 0.1) is 35.8 Å². The first-order valence-electron chi connectivity index (χ1n) is 11.3. The Morgan fingerprint density at radius 1 is 1.03 bits per heavy atom. The molecule has 2 saturated heterocycles. The van der Waals surface area contributed by atoms with E-state index in [1.165, 1.54) is 0 Å². The molecule has 4 heterocycles. The normalized spacial score (nSPS) is 24.3. The predicted molar refractivity (Wildman–Crippen MR) is 126 cm³/mol. The van der Waals surface area contributed by atoms with Crippen LogP contribution in [0.2, 0.25) is 0 Å². The molecule has 8 heteroatoms. The fraction of sp³-hybridized carbons (Fsp3) is 0.320. The molecule has 0 unspecified atom stereocenters. The van der Waals surface area contributed by atoms with Crippen LogP contribution in [-0.4, -0.2) is 56.6 Å². The Balaban J connectivity index is 1.23. The van der Waals surface area contributed by atoms with Crippen LogP contribution >= 0.6 is 0 Å². The lowest BCUT2D eigenvalue weighted by Gasteiger charge is -2.38. The number of rotatable bonds is 4. The van der Waals surface area contributed by atoms with Crippen molar-refractivity contribution in [3.63, 3.8) is 0 Å². The molecule has 0 amide bonds. The summed E-state index contributed by atoms with van der Waals surface area (Å²) in [7, 11) is 1.88. The number of fused-ring (bicyclic) bond motifs is 3. The smallest absolute Gasteiger partial charge is 0.147 e. The minimum absolute atomic E-state index is 0.0619. The van der Waals surface area contributed by atoms with Crippen LogP contribution in [0.25, 0.3) is 33.3 Å². The maximum absolute atomic E-state index is 14.9. The summed E-state index contributed by atoms with van der Waals surface area (Å²) >= 11 is 0. The third-order valence-corrected chi connectivity index (χ3v) is 7.10. The van der Waals surface area contributed by atoms with Crippen LogP contribution in [0.5, 0.6) is 5.75 Å². The van der Waals surface area contributed by atoms with Crippen molar-refractivity contribution in [2.24, 2.45) is 0 Å². The average Bonchev–Trinajstić information content (AvgIpc) is 3.48. The zero-order valence-corrected chi connectivity index (χ0v) is 18.2. The van der Waals surface area contributed by atoms with Gasteiger partial charge >= 0.3 is 0 Å². The number of piperidine rings is 1. The lowest BCUT2D eigenvalue weighted by Crippen LogP contribution is -2.55. The zero-order chi connectivity index (χ0) is 22.5. The van der Waals surface area contributed by atoms with Gasteiger partial charge in [0.1, 0.15) is 17.7 Å². The van der Waals surface area contributed by atoms with E-state index < -0.39 is 6.17 Å². The van der Waals surface area contributed by atoms with Crippen LogP contribution in [-0.2, 0) is 0 Å². The maximum atomic E-state index is 14.9. The minimum atomic E-state index is -0.923. The van der Waals surface area contributed by atoms with E-state index in [0.29, 0.717) is 23.1 Å². The van der Waals surface area contributed by atoms with Gasteiger partial charge in [-0.25, -0.2) is 9.37 Å². The molecule has 2 aliphatic heterocycles. The molecular formula is C25H25FN6O. The summed E-state index contributed by atoms with van der Waals surface area (Å²) in [6, 6.07) is 11.6. The molecule has 3 N–H and O–H groups in total. The van der Waals surface area contributed by atoms with Gasteiger partial charge in [-0.3, -0.25) is 10.1 Å². The molecule has 4 aromatic rings. The summed E-state index contributed by atoms with van der Waals surface area (Å²) in [6.45, 7) is 0. The van der Waals surface area contributed by atoms with Crippen molar-refractivity contribution in [1.29, 1.82) is 0 Å². The standard InChI is InChI=1S/C25H25FN6O/c1-32(22-10-17-4-7-20(30-17)25(22)26)24-13-27-21(12-28-24)18-5-2-15(9-23(18)33)14-3-6-19-16(8-14)11-29-31-19/h2-3,5-6,8-9,11-13,17,20,22,25,30,33H,4,7,10H2,1H3,(H,29,31)/t17-,20+,22-,25+/m1/s1. The fourth-order valence-electron chi connectivity index (χ4n) is 5.21. The highest BCUT2D eigenvalue weighted by atomic mass is 19.1. The minimum Gasteiger partial charge on any atom is -0.507 e. The Morgan fingerprint density at radius 2 is 1.88 bits per heavy atom. The maximum Gasteiger partial charge on any atom is 0.147 e. The number of hydrogen-bond donors (Lipinski definition) is 3. The Hall–Kier alpha value is -3.52. The molecule has 6 rings (SSSR count). The number of hydrogen-bond acceptors (Lipinski definition) is 6. The molecule has 2 bridgehead atoms. The lowest BCUT2D eigenvalue weighted by molar-refractivity contribution is 0.176. The second kappa shape index (κ2) is 7.81. The molecule has 0 spiro atoms. The molecule has 0 aliphatic carbocycles. The Morgan fingerprint density at radius 3 is 2.70 bits per heavy atom. The van der Waals surface area contributed by atoms with Crippen LogP contribution in [0.15, 0.2) is 55.0 Å². The molecule has 2 aliphatic rings. The molecule has 33 heavy (non-hydrogen) atoms. The molecule has 2 fully saturated rings. The van der Waals surface area contributed by atoms with E-state index in [1.54, 1.807) is 24.7 Å². The van der Waals surface area contributed by atoms with E-state index in [0.717, 1.165) is 41.3 Å². The van der Waals surface area contributed by atoms with Crippen molar-refractivity contribution in [2.75, 3.05) is 11.9 Å². The zero-order valence-electron chi connectivity index (χ0n) is 18.2. The first kappa shape index (κ1) is 20.1. The van der Waals surface area contributed by atoms with Gasteiger partial charge in [0, 0.05) is 30.1 Å². The molecule has 4 atom stereocenters. The van der Waals surface area contributed by atoms with E-state index >= 15 is 0 Å². The highest BCUT2D eigenvalue weighted by Crippen LogP contribution is 2.35. The predicted octanol–water partition coefficient (Wildman–Crippen LogP) is 4.06. The molecule has 0 saturated carbocycles. The summed E-state index contributed by atoms with van der Waals surface area (Å²) in [4.78, 5) is 11.0. The Kier molecular flexibility index (Phi) is 4.76. The van der Waals surface area contributed by atoms with E-state index in [1.807, 2.05) is 42.3 Å². The van der Waals surface area contributed by atoms with Crippen LogP contribution < -0.4 is 10.2 Å². The number of phenols is 1. The van der Waals surface area contributed by atoms with Gasteiger partial charge in [-0.05, 0) is 54.7 Å². The monoisotopic (exact) mass is 444 g/mol. The SMILES string of the molecule is CN(c1cnc(-c2ccc(-c3ccc4[nH]ncc4c3)cc2O)cn1)[C@@H]1C[C@H]2CC[C@H](N2)[C@@H]1F. The number of phenolic OH excluding ortho intramolecular Hbond substituents is 1. The van der Waals surface area contributed by atoms with Crippen LogP contribution in [0, 0.1) is 0 Å². The van der Waals surface area contributed by atoms with Crippen molar-refractivity contribution in [2.45, 2.75) is 43.6 Å². The average molecular weight is 445 g/mol. The molecule has 7 nitrogen and oxygen atoms in total. The summed E-state index contributed by atoms with van der Waals surface area (Å²) < 4.78 is 14.9. The van der Waals surface area contributed by atoms with Crippen molar-refractivity contribution in [3.8, 4) is 28.1 Å². The highest BCUT2D eigenvalue weighted by molar-refractivity contribution is 5.85. The van der Waals surface area contributed by atoms with Gasteiger partial charge in [0.25, 0.3) is 0 Å². The Labute approximate surface area is 190 Å². The number of aromatic amines is 1. The van der Waals surface area contributed by atoms with E-state index in [-0.39, 0.29) is 17.8 Å². The summed E-state index contributed by atoms with van der Waals surface area (Å²) in [5.74, 6) is 0.770. The van der Waals surface area contributed by atoms with E-state index in [9.17, 15) is 9.50 Å². The number of halogens is 1. The highest BCUT2D eigenvalue weighted by Gasteiger charge is 2.43. The van der Waals surface area contributed by atoms with Crippen molar-refractivity contribution in [3.05, 3.63) is 55.0 Å².